The predicted molar refractivity (Wildman–Crippen MR) is 136 cm³/mol. The van der Waals surface area contributed by atoms with Gasteiger partial charge < -0.3 is 10.4 Å². The Labute approximate surface area is 229 Å². The minimum Gasteiger partial charge on any atom is -0.475 e. The van der Waals surface area contributed by atoms with Gasteiger partial charge in [-0.3, -0.25) is 9.69 Å². The number of alkyl halides is 6. The van der Waals surface area contributed by atoms with Crippen molar-refractivity contribution in [1.82, 2.24) is 10.2 Å². The molecule has 210 valence electrons. The molecule has 1 fully saturated rings. The predicted octanol–water partition coefficient (Wildman–Crippen LogP) is 6.97. The number of halogens is 7. The van der Waals surface area contributed by atoms with Gasteiger partial charge in [0.25, 0.3) is 5.91 Å². The normalized spacial score (nSPS) is 15.9. The number of likely N-dealkylation sites (tertiary alicyclic amines) is 1. The number of nitrogens with one attached hydrogen (secondary N) is 1. The molecule has 4 rings (SSSR count). The standard InChI is InChI=1S/C24H22ClF3N2OS.C2HF3O2/c25-21-6-2-4-18(10-21)19-11-22(32-15-19)23(31)29-12-17-7-8-30(14-17)13-16-3-1-5-20(9-16)24(26,27)28;3-2(4,5)1(6)7/h1-6,9-11,15,17H,7-8,12-14H2,(H,29,31);(H,6,7). The second-order valence-electron chi connectivity index (χ2n) is 8.81. The van der Waals surface area contributed by atoms with E-state index in [0.29, 0.717) is 28.6 Å². The quantitative estimate of drug-likeness (QED) is 0.303. The fraction of sp³-hybridized carbons (Fsp3) is 0.308. The SMILES string of the molecule is O=C(NCC1CCN(Cc2cccc(C(F)(F)F)c2)C1)c1cc(-c2cccc(Cl)c2)cs1.O=C(O)C(F)(F)F. The molecule has 0 spiro atoms. The molecule has 1 saturated heterocycles. The Morgan fingerprint density at radius 1 is 1.03 bits per heavy atom. The monoisotopic (exact) mass is 592 g/mol. The second kappa shape index (κ2) is 12.8. The van der Waals surface area contributed by atoms with E-state index in [1.807, 2.05) is 35.7 Å². The van der Waals surface area contributed by atoms with Crippen LogP contribution in [0.3, 0.4) is 0 Å². The zero-order valence-corrected chi connectivity index (χ0v) is 21.7. The molecule has 1 aliphatic heterocycles. The van der Waals surface area contributed by atoms with E-state index < -0.39 is 23.9 Å². The third kappa shape index (κ3) is 9.26. The molecule has 2 aromatic carbocycles. The summed E-state index contributed by atoms with van der Waals surface area (Å²) < 4.78 is 70.5. The van der Waals surface area contributed by atoms with Gasteiger partial charge in [0, 0.05) is 24.7 Å². The molecule has 1 unspecified atom stereocenters. The largest absolute Gasteiger partial charge is 0.490 e. The Balaban J connectivity index is 0.000000532. The average molecular weight is 593 g/mol. The van der Waals surface area contributed by atoms with Crippen molar-refractivity contribution >= 4 is 34.8 Å². The maximum absolute atomic E-state index is 12.9. The summed E-state index contributed by atoms with van der Waals surface area (Å²) in [5.74, 6) is -2.59. The van der Waals surface area contributed by atoms with Gasteiger partial charge in [-0.15, -0.1) is 11.3 Å². The van der Waals surface area contributed by atoms with Crippen LogP contribution in [-0.2, 0) is 17.5 Å². The summed E-state index contributed by atoms with van der Waals surface area (Å²) in [6.07, 6.45) is -8.51. The number of hydrogen-bond acceptors (Lipinski definition) is 4. The van der Waals surface area contributed by atoms with E-state index >= 15 is 0 Å². The number of aliphatic carboxylic acids is 1. The number of thiophene rings is 1. The second-order valence-corrected chi connectivity index (χ2v) is 10.2. The van der Waals surface area contributed by atoms with Gasteiger partial charge in [-0.1, -0.05) is 41.9 Å². The number of carbonyl (C=O) groups excluding carboxylic acids is 1. The molecule has 0 bridgehead atoms. The number of hydrogen-bond donors (Lipinski definition) is 2. The van der Waals surface area contributed by atoms with Crippen LogP contribution in [0.4, 0.5) is 26.3 Å². The fourth-order valence-corrected chi connectivity index (χ4v) is 4.95. The number of benzene rings is 2. The number of carbonyl (C=O) groups is 2. The molecule has 0 aliphatic carbocycles. The van der Waals surface area contributed by atoms with Gasteiger partial charge in [0.2, 0.25) is 0 Å². The minimum atomic E-state index is -5.08. The third-order valence-corrected chi connectivity index (χ3v) is 6.97. The van der Waals surface area contributed by atoms with E-state index in [2.05, 4.69) is 10.2 Å². The van der Waals surface area contributed by atoms with Crippen LogP contribution in [0.5, 0.6) is 0 Å². The van der Waals surface area contributed by atoms with Crippen molar-refractivity contribution in [2.24, 2.45) is 5.92 Å². The molecule has 1 aromatic heterocycles. The Hall–Kier alpha value is -3.09. The topological polar surface area (TPSA) is 69.6 Å². The third-order valence-electron chi connectivity index (χ3n) is 5.81. The van der Waals surface area contributed by atoms with Crippen LogP contribution >= 0.6 is 22.9 Å². The van der Waals surface area contributed by atoms with Gasteiger partial charge in [-0.2, -0.15) is 26.3 Å². The number of carboxylic acid groups (broad SMARTS) is 1. The van der Waals surface area contributed by atoms with Crippen LogP contribution in [0.25, 0.3) is 11.1 Å². The highest BCUT2D eigenvalue weighted by Gasteiger charge is 2.38. The Kier molecular flexibility index (Phi) is 10.0. The zero-order valence-electron chi connectivity index (χ0n) is 20.2. The molecule has 1 amide bonds. The molecule has 39 heavy (non-hydrogen) atoms. The number of rotatable bonds is 6. The summed E-state index contributed by atoms with van der Waals surface area (Å²) in [6, 6.07) is 14.8. The van der Waals surface area contributed by atoms with Gasteiger partial charge >= 0.3 is 18.3 Å². The lowest BCUT2D eigenvalue weighted by atomic mass is 10.1. The molecular formula is C26H23ClF6N2O3S. The van der Waals surface area contributed by atoms with Crippen LogP contribution in [0, 0.1) is 5.92 Å². The Morgan fingerprint density at radius 3 is 2.36 bits per heavy atom. The maximum Gasteiger partial charge on any atom is 0.490 e. The first-order valence-corrected chi connectivity index (χ1v) is 12.8. The molecule has 0 saturated carbocycles. The maximum atomic E-state index is 12.9. The highest BCUT2D eigenvalue weighted by atomic mass is 35.5. The summed E-state index contributed by atoms with van der Waals surface area (Å²) in [5.41, 5.74) is 1.95. The summed E-state index contributed by atoms with van der Waals surface area (Å²) in [5, 5.41) is 12.7. The lowest BCUT2D eigenvalue weighted by Gasteiger charge is -2.17. The highest BCUT2D eigenvalue weighted by molar-refractivity contribution is 7.12. The van der Waals surface area contributed by atoms with Gasteiger partial charge in [0.1, 0.15) is 0 Å². The van der Waals surface area contributed by atoms with Crippen molar-refractivity contribution in [3.8, 4) is 11.1 Å². The minimum absolute atomic E-state index is 0.111. The summed E-state index contributed by atoms with van der Waals surface area (Å²) in [7, 11) is 0. The molecular weight excluding hydrogens is 570 g/mol. The van der Waals surface area contributed by atoms with Crippen molar-refractivity contribution in [3.05, 3.63) is 81.0 Å². The molecule has 5 nitrogen and oxygen atoms in total. The van der Waals surface area contributed by atoms with E-state index in [0.717, 1.165) is 36.7 Å². The first-order valence-electron chi connectivity index (χ1n) is 11.5. The van der Waals surface area contributed by atoms with Gasteiger partial charge in [0.05, 0.1) is 10.4 Å². The zero-order chi connectivity index (χ0) is 28.8. The number of nitrogens with zero attached hydrogens (tertiary/aromatic N) is 1. The lowest BCUT2D eigenvalue weighted by molar-refractivity contribution is -0.192. The van der Waals surface area contributed by atoms with Gasteiger partial charge in [0.15, 0.2) is 0 Å². The van der Waals surface area contributed by atoms with Crippen LogP contribution in [0.15, 0.2) is 60.0 Å². The van der Waals surface area contributed by atoms with Crippen LogP contribution in [-0.4, -0.2) is 47.7 Å². The van der Waals surface area contributed by atoms with E-state index in [1.165, 1.54) is 23.5 Å². The van der Waals surface area contributed by atoms with Gasteiger partial charge in [-0.25, -0.2) is 4.79 Å². The van der Waals surface area contributed by atoms with E-state index in [1.54, 1.807) is 6.07 Å². The first-order chi connectivity index (χ1) is 18.2. The van der Waals surface area contributed by atoms with E-state index in [4.69, 9.17) is 21.5 Å². The summed E-state index contributed by atoms with van der Waals surface area (Å²) in [6.45, 7) is 2.56. The van der Waals surface area contributed by atoms with Crippen molar-refractivity contribution in [1.29, 1.82) is 0 Å². The molecule has 2 N–H and O–H groups in total. The average Bonchev–Trinajstić information content (AvgIpc) is 3.52. The smallest absolute Gasteiger partial charge is 0.475 e. The summed E-state index contributed by atoms with van der Waals surface area (Å²) >= 11 is 7.44. The molecule has 3 aromatic rings. The Bertz CT molecular complexity index is 1290. The molecule has 1 aliphatic rings. The molecule has 2 heterocycles. The fourth-order valence-electron chi connectivity index (χ4n) is 3.93. The van der Waals surface area contributed by atoms with Crippen molar-refractivity contribution in [3.63, 3.8) is 0 Å². The highest BCUT2D eigenvalue weighted by Crippen LogP contribution is 2.30. The lowest BCUT2D eigenvalue weighted by Crippen LogP contribution is -2.30. The van der Waals surface area contributed by atoms with E-state index in [9.17, 15) is 31.1 Å². The van der Waals surface area contributed by atoms with Crippen LogP contribution in [0.1, 0.15) is 27.2 Å². The number of carboxylic acids is 1. The number of amides is 1. The first kappa shape index (κ1) is 30.5. The molecule has 0 radical (unpaired) electrons. The molecule has 13 heteroatoms. The van der Waals surface area contributed by atoms with Gasteiger partial charge in [-0.05, 0) is 65.2 Å². The van der Waals surface area contributed by atoms with E-state index in [-0.39, 0.29) is 11.8 Å². The van der Waals surface area contributed by atoms with Crippen molar-refractivity contribution in [2.45, 2.75) is 25.3 Å². The van der Waals surface area contributed by atoms with Crippen molar-refractivity contribution < 1.29 is 41.0 Å². The molecule has 1 atom stereocenters. The summed E-state index contributed by atoms with van der Waals surface area (Å²) in [4.78, 5) is 24.2. The Morgan fingerprint density at radius 2 is 1.72 bits per heavy atom. The van der Waals surface area contributed by atoms with Crippen molar-refractivity contribution in [2.75, 3.05) is 19.6 Å². The van der Waals surface area contributed by atoms with Crippen LogP contribution in [0.2, 0.25) is 5.02 Å². The van der Waals surface area contributed by atoms with Crippen LogP contribution < -0.4 is 5.32 Å².